The first-order valence-corrected chi connectivity index (χ1v) is 7.42. The van der Waals surface area contributed by atoms with Crippen molar-refractivity contribution in [1.82, 2.24) is 0 Å². The maximum absolute atomic E-state index is 13.6. The number of halogens is 1. The molecule has 1 aromatic carbocycles. The summed E-state index contributed by atoms with van der Waals surface area (Å²) < 4.78 is 30.6. The van der Waals surface area contributed by atoms with Crippen molar-refractivity contribution >= 4 is 0 Å². The van der Waals surface area contributed by atoms with E-state index >= 15 is 0 Å². The molecule has 1 heterocycles. The highest BCUT2D eigenvalue weighted by Crippen LogP contribution is 2.22. The lowest BCUT2D eigenvalue weighted by Crippen LogP contribution is -2.50. The molecule has 0 bridgehead atoms. The van der Waals surface area contributed by atoms with Gasteiger partial charge in [-0.3, -0.25) is 0 Å². The highest BCUT2D eigenvalue weighted by molar-refractivity contribution is 5.16. The van der Waals surface area contributed by atoms with E-state index in [1.165, 1.54) is 6.07 Å². The largest absolute Gasteiger partial charge is 0.391 e. The number of hydrogen-bond donors (Lipinski definition) is 1. The minimum atomic E-state index is -0.668. The van der Waals surface area contributed by atoms with Crippen LogP contribution in [0.5, 0.6) is 0 Å². The van der Waals surface area contributed by atoms with E-state index in [9.17, 15) is 9.50 Å². The summed E-state index contributed by atoms with van der Waals surface area (Å²) >= 11 is 0. The van der Waals surface area contributed by atoms with Crippen LogP contribution in [-0.4, -0.2) is 36.3 Å². The molecule has 1 saturated heterocycles. The van der Waals surface area contributed by atoms with Crippen LogP contribution >= 0.6 is 0 Å². The molecule has 1 aromatic rings. The van der Waals surface area contributed by atoms with Crippen molar-refractivity contribution in [2.75, 3.05) is 6.61 Å². The van der Waals surface area contributed by atoms with Crippen LogP contribution in [0.15, 0.2) is 24.3 Å². The highest BCUT2D eigenvalue weighted by atomic mass is 19.1. The van der Waals surface area contributed by atoms with E-state index < -0.39 is 18.3 Å². The summed E-state index contributed by atoms with van der Waals surface area (Å²) in [6.07, 6.45) is -0.108. The number of aliphatic hydroxyl groups is 1. The Morgan fingerprint density at radius 2 is 2.19 bits per heavy atom. The van der Waals surface area contributed by atoms with E-state index in [1.54, 1.807) is 25.1 Å². The first-order valence-electron chi connectivity index (χ1n) is 7.42. The standard InChI is InChI=1S/C16H23FO4/c1-3-6-15-20-10-14(16(21-15)11(2)18)19-9-12-7-4-5-8-13(12)17/h4-5,7-8,11,14-16,18H,3,6,9-10H2,1-2H3/t11?,14-,15+,16-/m1/s1. The van der Waals surface area contributed by atoms with E-state index in [4.69, 9.17) is 14.2 Å². The summed E-state index contributed by atoms with van der Waals surface area (Å²) in [7, 11) is 0. The second kappa shape index (κ2) is 7.84. The summed E-state index contributed by atoms with van der Waals surface area (Å²) in [6, 6.07) is 6.48. The smallest absolute Gasteiger partial charge is 0.158 e. The topological polar surface area (TPSA) is 47.9 Å². The van der Waals surface area contributed by atoms with Gasteiger partial charge in [0.25, 0.3) is 0 Å². The molecule has 0 spiro atoms. The number of rotatable bonds is 6. The molecule has 4 atom stereocenters. The number of benzene rings is 1. The van der Waals surface area contributed by atoms with Crippen LogP contribution in [0.1, 0.15) is 32.3 Å². The summed E-state index contributed by atoms with van der Waals surface area (Å²) in [5.41, 5.74) is 0.484. The van der Waals surface area contributed by atoms with E-state index in [0.29, 0.717) is 12.2 Å². The molecule has 4 nitrogen and oxygen atoms in total. The minimum Gasteiger partial charge on any atom is -0.391 e. The van der Waals surface area contributed by atoms with Gasteiger partial charge in [-0.1, -0.05) is 31.5 Å². The zero-order valence-corrected chi connectivity index (χ0v) is 12.5. The monoisotopic (exact) mass is 298 g/mol. The van der Waals surface area contributed by atoms with E-state index in [0.717, 1.165) is 12.8 Å². The van der Waals surface area contributed by atoms with Gasteiger partial charge in [0.2, 0.25) is 0 Å². The van der Waals surface area contributed by atoms with Crippen LogP contribution in [0.4, 0.5) is 4.39 Å². The Balaban J connectivity index is 1.94. The lowest BCUT2D eigenvalue weighted by molar-refractivity contribution is -0.281. The normalized spacial score (nSPS) is 27.5. The van der Waals surface area contributed by atoms with Gasteiger partial charge in [-0.2, -0.15) is 0 Å². The quantitative estimate of drug-likeness (QED) is 0.877. The Bertz CT molecular complexity index is 438. The fourth-order valence-corrected chi connectivity index (χ4v) is 2.37. The molecule has 1 fully saturated rings. The van der Waals surface area contributed by atoms with Crippen molar-refractivity contribution in [3.05, 3.63) is 35.6 Å². The first kappa shape index (κ1) is 16.4. The Kier molecular flexibility index (Phi) is 6.11. The van der Waals surface area contributed by atoms with Crippen molar-refractivity contribution in [2.45, 2.75) is 57.9 Å². The van der Waals surface area contributed by atoms with E-state index in [-0.39, 0.29) is 18.7 Å². The van der Waals surface area contributed by atoms with Crippen LogP contribution in [0.2, 0.25) is 0 Å². The number of hydrogen-bond acceptors (Lipinski definition) is 4. The Morgan fingerprint density at radius 3 is 2.86 bits per heavy atom. The van der Waals surface area contributed by atoms with Crippen molar-refractivity contribution in [3.63, 3.8) is 0 Å². The zero-order valence-electron chi connectivity index (χ0n) is 12.5. The summed E-state index contributed by atoms with van der Waals surface area (Å²) in [5.74, 6) is -0.299. The molecule has 0 radical (unpaired) electrons. The van der Waals surface area contributed by atoms with Gasteiger partial charge < -0.3 is 19.3 Å². The molecule has 0 aliphatic carbocycles. The molecule has 21 heavy (non-hydrogen) atoms. The Hall–Kier alpha value is -1.01. The van der Waals surface area contributed by atoms with Crippen LogP contribution in [0.3, 0.4) is 0 Å². The molecule has 5 heteroatoms. The SMILES string of the molecule is CCC[C@H]1OC[C@@H](OCc2ccccc2F)[C@@H](C(C)O)O1. The third-order valence-corrected chi connectivity index (χ3v) is 3.53. The molecule has 0 aromatic heterocycles. The fourth-order valence-electron chi connectivity index (χ4n) is 2.37. The van der Waals surface area contributed by atoms with Crippen LogP contribution in [-0.2, 0) is 20.8 Å². The molecule has 1 aliphatic rings. The lowest BCUT2D eigenvalue weighted by atomic mass is 10.1. The van der Waals surface area contributed by atoms with Gasteiger partial charge in [-0.25, -0.2) is 4.39 Å². The van der Waals surface area contributed by atoms with Gasteiger partial charge in [0.1, 0.15) is 18.0 Å². The second-order valence-electron chi connectivity index (χ2n) is 5.33. The summed E-state index contributed by atoms with van der Waals surface area (Å²) in [6.45, 7) is 4.18. The highest BCUT2D eigenvalue weighted by Gasteiger charge is 2.35. The van der Waals surface area contributed by atoms with E-state index in [1.807, 2.05) is 6.92 Å². The first-order chi connectivity index (χ1) is 10.1. The van der Waals surface area contributed by atoms with Crippen LogP contribution < -0.4 is 0 Å². The van der Waals surface area contributed by atoms with Crippen molar-refractivity contribution in [1.29, 1.82) is 0 Å². The molecule has 1 N–H and O–H groups in total. The minimum absolute atomic E-state index is 0.131. The molecule has 0 amide bonds. The van der Waals surface area contributed by atoms with Crippen molar-refractivity contribution in [3.8, 4) is 0 Å². The lowest BCUT2D eigenvalue weighted by Gasteiger charge is -2.37. The Morgan fingerprint density at radius 1 is 1.43 bits per heavy atom. The van der Waals surface area contributed by atoms with Gasteiger partial charge in [0, 0.05) is 5.56 Å². The van der Waals surface area contributed by atoms with Crippen LogP contribution in [0, 0.1) is 5.82 Å². The Labute approximate surface area is 124 Å². The predicted octanol–water partition coefficient (Wildman–Crippen LogP) is 2.63. The molecular weight excluding hydrogens is 275 g/mol. The molecule has 118 valence electrons. The van der Waals surface area contributed by atoms with Gasteiger partial charge in [0.05, 0.1) is 19.3 Å². The fraction of sp³-hybridized carbons (Fsp3) is 0.625. The molecular formula is C16H23FO4. The van der Waals surface area contributed by atoms with Gasteiger partial charge >= 0.3 is 0 Å². The summed E-state index contributed by atoms with van der Waals surface area (Å²) in [4.78, 5) is 0. The van der Waals surface area contributed by atoms with Crippen molar-refractivity contribution in [2.24, 2.45) is 0 Å². The van der Waals surface area contributed by atoms with E-state index in [2.05, 4.69) is 0 Å². The van der Waals surface area contributed by atoms with Gasteiger partial charge in [-0.15, -0.1) is 0 Å². The third-order valence-electron chi connectivity index (χ3n) is 3.53. The average molecular weight is 298 g/mol. The third kappa shape index (κ3) is 4.48. The second-order valence-corrected chi connectivity index (χ2v) is 5.33. The van der Waals surface area contributed by atoms with Gasteiger partial charge in [-0.05, 0) is 19.4 Å². The average Bonchev–Trinajstić information content (AvgIpc) is 2.47. The predicted molar refractivity (Wildman–Crippen MR) is 76.2 cm³/mol. The van der Waals surface area contributed by atoms with Gasteiger partial charge in [0.15, 0.2) is 6.29 Å². The van der Waals surface area contributed by atoms with Crippen LogP contribution in [0.25, 0.3) is 0 Å². The maximum Gasteiger partial charge on any atom is 0.158 e. The van der Waals surface area contributed by atoms with Crippen molar-refractivity contribution < 1.29 is 23.7 Å². The molecule has 2 rings (SSSR count). The number of ether oxygens (including phenoxy) is 3. The summed E-state index contributed by atoms with van der Waals surface area (Å²) in [5, 5.41) is 9.85. The maximum atomic E-state index is 13.6. The molecule has 0 saturated carbocycles. The zero-order chi connectivity index (χ0) is 15.2. The molecule has 1 aliphatic heterocycles. The molecule has 1 unspecified atom stereocenters. The number of aliphatic hydroxyl groups excluding tert-OH is 1.